The Balaban J connectivity index is 3.44. The first-order chi connectivity index (χ1) is 11.9. The minimum Gasteiger partial charge on any atom is -0.393 e. The van der Waals surface area contributed by atoms with E-state index in [-0.39, 0.29) is 6.10 Å². The third-order valence-electron chi connectivity index (χ3n) is 4.99. The van der Waals surface area contributed by atoms with Crippen molar-refractivity contribution in [1.82, 2.24) is 0 Å². The molecule has 4 nitrogen and oxygen atoms in total. The third kappa shape index (κ3) is 15.8. The molecule has 0 aromatic heterocycles. The molecular formula is C20H42O4S. The molecular weight excluding hydrogens is 336 g/mol. The Kier molecular flexibility index (Phi) is 16.0. The summed E-state index contributed by atoms with van der Waals surface area (Å²) >= 11 is 0. The molecule has 0 heterocycles. The first-order valence-electron chi connectivity index (χ1n) is 10.6. The molecule has 0 aromatic rings. The number of rotatable bonds is 18. The van der Waals surface area contributed by atoms with Crippen LogP contribution in [0.2, 0.25) is 0 Å². The maximum Gasteiger partial charge on any atom is 0.267 e. The predicted octanol–water partition coefficient (Wildman–Crippen LogP) is 5.89. The molecule has 5 heteroatoms. The summed E-state index contributed by atoms with van der Waals surface area (Å²) in [4.78, 5) is 0. The molecule has 0 bridgehead atoms. The molecule has 0 fully saturated rings. The quantitative estimate of drug-likeness (QED) is 0.230. The van der Waals surface area contributed by atoms with Crippen LogP contribution in [0.25, 0.3) is 0 Å². The van der Waals surface area contributed by atoms with Gasteiger partial charge in [0.25, 0.3) is 10.1 Å². The van der Waals surface area contributed by atoms with Crippen molar-refractivity contribution in [3.8, 4) is 0 Å². The first-order valence-corrected chi connectivity index (χ1v) is 12.1. The van der Waals surface area contributed by atoms with E-state index in [2.05, 4.69) is 6.92 Å². The van der Waals surface area contributed by atoms with Crippen LogP contribution in [0.15, 0.2) is 0 Å². The Morgan fingerprint density at radius 2 is 1.08 bits per heavy atom. The average molecular weight is 379 g/mol. The van der Waals surface area contributed by atoms with Crippen molar-refractivity contribution in [2.45, 2.75) is 128 Å². The van der Waals surface area contributed by atoms with Gasteiger partial charge in [0.05, 0.1) is 11.4 Å². The van der Waals surface area contributed by atoms with Crippen molar-refractivity contribution in [2.24, 2.45) is 0 Å². The molecule has 0 saturated heterocycles. The highest BCUT2D eigenvalue weighted by atomic mass is 32.2. The van der Waals surface area contributed by atoms with Crippen molar-refractivity contribution in [3.63, 3.8) is 0 Å². The molecule has 0 amide bonds. The Hall–Kier alpha value is -0.130. The van der Waals surface area contributed by atoms with Crippen LogP contribution in [0.1, 0.15) is 117 Å². The van der Waals surface area contributed by atoms with E-state index in [9.17, 15) is 18.1 Å². The molecule has 0 spiro atoms. The van der Waals surface area contributed by atoms with Gasteiger partial charge in [-0.25, -0.2) is 0 Å². The summed E-state index contributed by atoms with van der Waals surface area (Å²) in [5.41, 5.74) is 0. The van der Waals surface area contributed by atoms with E-state index in [0.29, 0.717) is 12.8 Å². The average Bonchev–Trinajstić information content (AvgIpc) is 2.54. The zero-order chi connectivity index (χ0) is 19.0. The molecule has 152 valence electrons. The van der Waals surface area contributed by atoms with Gasteiger partial charge in [-0.1, -0.05) is 90.9 Å². The van der Waals surface area contributed by atoms with Crippen LogP contribution in [0.4, 0.5) is 0 Å². The van der Waals surface area contributed by atoms with Crippen molar-refractivity contribution < 1.29 is 18.1 Å². The Morgan fingerprint density at radius 3 is 1.52 bits per heavy atom. The van der Waals surface area contributed by atoms with E-state index < -0.39 is 15.4 Å². The highest BCUT2D eigenvalue weighted by Crippen LogP contribution is 2.17. The lowest BCUT2D eigenvalue weighted by atomic mass is 10.0. The molecule has 2 unspecified atom stereocenters. The highest BCUT2D eigenvalue weighted by Gasteiger charge is 2.20. The maximum absolute atomic E-state index is 11.2. The summed E-state index contributed by atoms with van der Waals surface area (Å²) in [6.45, 7) is 4.13. The molecule has 25 heavy (non-hydrogen) atoms. The van der Waals surface area contributed by atoms with Crippen LogP contribution < -0.4 is 0 Å². The molecule has 2 N–H and O–H groups in total. The molecule has 0 aliphatic carbocycles. The number of aliphatic hydroxyl groups excluding tert-OH is 1. The SMILES string of the molecule is CCCCCC(O)CCCCCCCCCCC(CCC)S(=O)(=O)O. The lowest BCUT2D eigenvalue weighted by Gasteiger charge is -2.12. The molecule has 0 aliphatic heterocycles. The van der Waals surface area contributed by atoms with Gasteiger partial charge in [-0.2, -0.15) is 8.42 Å². The van der Waals surface area contributed by atoms with E-state index in [0.717, 1.165) is 51.4 Å². The lowest BCUT2D eigenvalue weighted by Crippen LogP contribution is -2.20. The first kappa shape index (κ1) is 24.9. The Morgan fingerprint density at radius 1 is 0.640 bits per heavy atom. The largest absolute Gasteiger partial charge is 0.393 e. The third-order valence-corrected chi connectivity index (χ3v) is 6.30. The van der Waals surface area contributed by atoms with E-state index in [1.807, 2.05) is 6.92 Å². The van der Waals surface area contributed by atoms with E-state index >= 15 is 0 Å². The second-order valence-corrected chi connectivity index (χ2v) is 9.18. The second kappa shape index (κ2) is 16.1. The second-order valence-electron chi connectivity index (χ2n) is 7.48. The molecule has 0 radical (unpaired) electrons. The fraction of sp³-hybridized carbons (Fsp3) is 1.00. The van der Waals surface area contributed by atoms with Gasteiger partial charge in [0.1, 0.15) is 0 Å². The van der Waals surface area contributed by atoms with Gasteiger partial charge in [0.15, 0.2) is 0 Å². The molecule has 0 rings (SSSR count). The van der Waals surface area contributed by atoms with Crippen molar-refractivity contribution in [1.29, 1.82) is 0 Å². The summed E-state index contributed by atoms with van der Waals surface area (Å²) in [6.07, 6.45) is 16.4. The summed E-state index contributed by atoms with van der Waals surface area (Å²) in [6, 6.07) is 0. The van der Waals surface area contributed by atoms with Gasteiger partial charge in [0.2, 0.25) is 0 Å². The number of unbranched alkanes of at least 4 members (excludes halogenated alkanes) is 9. The monoisotopic (exact) mass is 378 g/mol. The normalized spacial score (nSPS) is 14.6. The van der Waals surface area contributed by atoms with Crippen LogP contribution in [-0.2, 0) is 10.1 Å². The Labute approximate surface area is 156 Å². The van der Waals surface area contributed by atoms with Gasteiger partial charge in [0, 0.05) is 0 Å². The van der Waals surface area contributed by atoms with Gasteiger partial charge >= 0.3 is 0 Å². The zero-order valence-electron chi connectivity index (χ0n) is 16.6. The fourth-order valence-electron chi connectivity index (χ4n) is 3.35. The van der Waals surface area contributed by atoms with E-state index in [4.69, 9.17) is 0 Å². The van der Waals surface area contributed by atoms with Crippen LogP contribution >= 0.6 is 0 Å². The molecule has 0 aliphatic rings. The van der Waals surface area contributed by atoms with Crippen molar-refractivity contribution >= 4 is 10.1 Å². The summed E-state index contributed by atoms with van der Waals surface area (Å²) in [5, 5.41) is 9.29. The van der Waals surface area contributed by atoms with Crippen LogP contribution in [0.3, 0.4) is 0 Å². The van der Waals surface area contributed by atoms with Gasteiger partial charge < -0.3 is 5.11 Å². The zero-order valence-corrected chi connectivity index (χ0v) is 17.4. The fourth-order valence-corrected chi connectivity index (χ4v) is 4.35. The van der Waals surface area contributed by atoms with Crippen molar-refractivity contribution in [3.05, 3.63) is 0 Å². The summed E-state index contributed by atoms with van der Waals surface area (Å²) in [7, 11) is -3.87. The number of hydrogen-bond donors (Lipinski definition) is 2. The topological polar surface area (TPSA) is 74.6 Å². The van der Waals surface area contributed by atoms with E-state index in [1.54, 1.807) is 0 Å². The minimum absolute atomic E-state index is 0.106. The molecule has 0 aromatic carbocycles. The molecule has 0 saturated carbocycles. The summed E-state index contributed by atoms with van der Waals surface area (Å²) < 4.78 is 31.7. The van der Waals surface area contributed by atoms with Gasteiger partial charge in [-0.15, -0.1) is 0 Å². The van der Waals surface area contributed by atoms with Gasteiger partial charge in [-0.3, -0.25) is 4.55 Å². The minimum atomic E-state index is -3.87. The number of hydrogen-bond acceptors (Lipinski definition) is 3. The van der Waals surface area contributed by atoms with Gasteiger partial charge in [-0.05, 0) is 25.7 Å². The standard InChI is InChI=1S/C20H42O4S/c1-3-5-12-16-19(21)17-13-10-8-6-7-9-11-14-18-20(15-4-2)25(22,23)24/h19-21H,3-18H2,1-2H3,(H,22,23,24). The summed E-state index contributed by atoms with van der Waals surface area (Å²) in [5.74, 6) is 0. The maximum atomic E-state index is 11.2. The molecule has 2 atom stereocenters. The van der Waals surface area contributed by atoms with Crippen LogP contribution in [-0.4, -0.2) is 29.4 Å². The number of aliphatic hydroxyl groups is 1. The van der Waals surface area contributed by atoms with E-state index in [1.165, 1.54) is 38.5 Å². The van der Waals surface area contributed by atoms with Crippen molar-refractivity contribution in [2.75, 3.05) is 0 Å². The predicted molar refractivity (Wildman–Crippen MR) is 107 cm³/mol. The van der Waals surface area contributed by atoms with Crippen LogP contribution in [0.5, 0.6) is 0 Å². The smallest absolute Gasteiger partial charge is 0.267 e. The highest BCUT2D eigenvalue weighted by molar-refractivity contribution is 7.86. The lowest BCUT2D eigenvalue weighted by molar-refractivity contribution is 0.147. The van der Waals surface area contributed by atoms with Crippen LogP contribution in [0, 0.1) is 0 Å². The Bertz CT molecular complexity index is 381.